The highest BCUT2D eigenvalue weighted by Crippen LogP contribution is 2.25. The number of anilines is 1. The highest BCUT2D eigenvalue weighted by atomic mass is 79.9. The summed E-state index contributed by atoms with van der Waals surface area (Å²) in [5, 5.41) is 6.25. The van der Waals surface area contributed by atoms with Crippen LogP contribution >= 0.6 is 15.9 Å². The maximum atomic E-state index is 11.8. The van der Waals surface area contributed by atoms with Crippen LogP contribution in [-0.2, 0) is 7.05 Å². The molecule has 1 aromatic heterocycles. The van der Waals surface area contributed by atoms with Gasteiger partial charge in [0.2, 0.25) is 0 Å². The molecule has 0 saturated carbocycles. The molecule has 1 aliphatic heterocycles. The van der Waals surface area contributed by atoms with Crippen molar-refractivity contribution in [3.8, 4) is 0 Å². The lowest BCUT2D eigenvalue weighted by Gasteiger charge is -2.39. The van der Waals surface area contributed by atoms with Crippen LogP contribution < -0.4 is 11.0 Å². The van der Waals surface area contributed by atoms with E-state index in [2.05, 4.69) is 45.3 Å². The normalized spacial score (nSPS) is 25.1. The molecule has 0 amide bonds. The second kappa shape index (κ2) is 5.40. The minimum atomic E-state index is -0.127. The SMILES string of the molecule is CC1CCCC(C)N1Nc1cnn(C)c(=O)c1Br. The van der Waals surface area contributed by atoms with Gasteiger partial charge >= 0.3 is 0 Å². The lowest BCUT2D eigenvalue weighted by atomic mass is 10.00. The van der Waals surface area contributed by atoms with E-state index in [0.29, 0.717) is 16.6 Å². The summed E-state index contributed by atoms with van der Waals surface area (Å²) in [7, 11) is 1.64. The minimum Gasteiger partial charge on any atom is -0.316 e. The Morgan fingerprint density at radius 2 is 2.00 bits per heavy atom. The fraction of sp³-hybridized carbons (Fsp3) is 0.667. The number of nitrogens with one attached hydrogen (secondary N) is 1. The van der Waals surface area contributed by atoms with E-state index >= 15 is 0 Å². The van der Waals surface area contributed by atoms with Crippen molar-refractivity contribution < 1.29 is 0 Å². The average molecular weight is 315 g/mol. The van der Waals surface area contributed by atoms with Gasteiger partial charge in [0, 0.05) is 19.1 Å². The monoisotopic (exact) mass is 314 g/mol. The largest absolute Gasteiger partial charge is 0.316 e. The smallest absolute Gasteiger partial charge is 0.282 e. The van der Waals surface area contributed by atoms with Crippen LogP contribution in [0.4, 0.5) is 5.69 Å². The molecule has 2 rings (SSSR count). The van der Waals surface area contributed by atoms with Crippen molar-refractivity contribution in [2.45, 2.75) is 45.2 Å². The predicted octanol–water partition coefficient (Wildman–Crippen LogP) is 2.13. The van der Waals surface area contributed by atoms with Crippen molar-refractivity contribution in [3.05, 3.63) is 21.0 Å². The summed E-state index contributed by atoms with van der Waals surface area (Å²) in [6.07, 6.45) is 5.29. The molecule has 1 N–H and O–H groups in total. The van der Waals surface area contributed by atoms with Crippen molar-refractivity contribution in [1.82, 2.24) is 14.8 Å². The predicted molar refractivity (Wildman–Crippen MR) is 75.4 cm³/mol. The van der Waals surface area contributed by atoms with Gasteiger partial charge in [0.15, 0.2) is 0 Å². The Morgan fingerprint density at radius 3 is 2.61 bits per heavy atom. The third-order valence-corrected chi connectivity index (χ3v) is 4.29. The van der Waals surface area contributed by atoms with Crippen molar-refractivity contribution in [2.75, 3.05) is 5.43 Å². The van der Waals surface area contributed by atoms with Gasteiger partial charge in [-0.1, -0.05) is 6.42 Å². The molecule has 2 heterocycles. The second-order valence-corrected chi connectivity index (χ2v) is 5.74. The molecule has 1 saturated heterocycles. The van der Waals surface area contributed by atoms with Gasteiger partial charge < -0.3 is 5.43 Å². The molecule has 1 aromatic rings. The number of aryl methyl sites for hydroxylation is 1. The van der Waals surface area contributed by atoms with Crippen LogP contribution in [0.25, 0.3) is 0 Å². The molecular weight excluding hydrogens is 296 g/mol. The fourth-order valence-corrected chi connectivity index (χ4v) is 2.82. The molecule has 1 aliphatic rings. The standard InChI is InChI=1S/C12H19BrN4O/c1-8-5-4-6-9(2)17(8)15-10-7-14-16(3)12(18)11(10)13/h7-9,15H,4-6H2,1-3H3. The maximum Gasteiger partial charge on any atom is 0.282 e. The van der Waals surface area contributed by atoms with Crippen LogP contribution in [-0.4, -0.2) is 26.9 Å². The van der Waals surface area contributed by atoms with Crippen LogP contribution in [0.3, 0.4) is 0 Å². The van der Waals surface area contributed by atoms with Crippen molar-refractivity contribution in [2.24, 2.45) is 7.05 Å². The van der Waals surface area contributed by atoms with E-state index in [1.54, 1.807) is 13.2 Å². The maximum absolute atomic E-state index is 11.8. The summed E-state index contributed by atoms with van der Waals surface area (Å²) < 4.78 is 1.85. The lowest BCUT2D eigenvalue weighted by Crippen LogP contribution is -2.47. The number of halogens is 1. The van der Waals surface area contributed by atoms with E-state index < -0.39 is 0 Å². The van der Waals surface area contributed by atoms with Gasteiger partial charge in [-0.3, -0.25) is 4.79 Å². The summed E-state index contributed by atoms with van der Waals surface area (Å²) in [6, 6.07) is 0.925. The summed E-state index contributed by atoms with van der Waals surface area (Å²) in [6.45, 7) is 4.40. The van der Waals surface area contributed by atoms with Gasteiger partial charge in [0.05, 0.1) is 11.9 Å². The first-order chi connectivity index (χ1) is 8.50. The molecule has 18 heavy (non-hydrogen) atoms. The van der Waals surface area contributed by atoms with Gasteiger partial charge in [-0.2, -0.15) is 5.10 Å². The van der Waals surface area contributed by atoms with Crippen LogP contribution in [0.15, 0.2) is 15.5 Å². The van der Waals surface area contributed by atoms with E-state index in [0.717, 1.165) is 5.69 Å². The first kappa shape index (κ1) is 13.5. The zero-order valence-corrected chi connectivity index (χ0v) is 12.6. The van der Waals surface area contributed by atoms with Crippen LogP contribution in [0, 0.1) is 0 Å². The van der Waals surface area contributed by atoms with Gasteiger partial charge in [-0.25, -0.2) is 9.69 Å². The quantitative estimate of drug-likeness (QED) is 0.908. The van der Waals surface area contributed by atoms with Gasteiger partial charge in [0.25, 0.3) is 5.56 Å². The first-order valence-corrected chi connectivity index (χ1v) is 7.07. The number of piperidine rings is 1. The van der Waals surface area contributed by atoms with Gasteiger partial charge in [0.1, 0.15) is 4.47 Å². The third kappa shape index (κ3) is 2.59. The van der Waals surface area contributed by atoms with Gasteiger partial charge in [-0.05, 0) is 42.6 Å². The van der Waals surface area contributed by atoms with E-state index in [1.807, 2.05) is 0 Å². The second-order valence-electron chi connectivity index (χ2n) is 4.95. The Kier molecular flexibility index (Phi) is 4.07. The summed E-state index contributed by atoms with van der Waals surface area (Å²) >= 11 is 3.34. The number of nitrogens with zero attached hydrogens (tertiary/aromatic N) is 3. The third-order valence-electron chi connectivity index (χ3n) is 3.52. The molecular formula is C12H19BrN4O. The van der Waals surface area contributed by atoms with Crippen molar-refractivity contribution >= 4 is 21.6 Å². The molecule has 0 radical (unpaired) electrons. The molecule has 5 nitrogen and oxygen atoms in total. The van der Waals surface area contributed by atoms with Crippen LogP contribution in [0.5, 0.6) is 0 Å². The summed E-state index contributed by atoms with van der Waals surface area (Å²) in [5.74, 6) is 0. The first-order valence-electron chi connectivity index (χ1n) is 6.27. The van der Waals surface area contributed by atoms with Crippen LogP contribution in [0.2, 0.25) is 0 Å². The van der Waals surface area contributed by atoms with Crippen molar-refractivity contribution in [3.63, 3.8) is 0 Å². The number of hydrogen-bond donors (Lipinski definition) is 1. The molecule has 0 aromatic carbocycles. The Morgan fingerprint density at radius 1 is 1.39 bits per heavy atom. The van der Waals surface area contributed by atoms with Crippen LogP contribution in [0.1, 0.15) is 33.1 Å². The molecule has 6 heteroatoms. The Balaban J connectivity index is 2.23. The highest BCUT2D eigenvalue weighted by molar-refractivity contribution is 9.10. The highest BCUT2D eigenvalue weighted by Gasteiger charge is 2.25. The number of hydrogen-bond acceptors (Lipinski definition) is 4. The van der Waals surface area contributed by atoms with E-state index in [-0.39, 0.29) is 5.56 Å². The fourth-order valence-electron chi connectivity index (χ4n) is 2.37. The average Bonchev–Trinajstić information content (AvgIpc) is 2.34. The molecule has 2 atom stereocenters. The summed E-state index contributed by atoms with van der Waals surface area (Å²) in [4.78, 5) is 11.8. The topological polar surface area (TPSA) is 50.2 Å². The Hall–Kier alpha value is -0.880. The molecule has 0 bridgehead atoms. The van der Waals surface area contributed by atoms with Crippen molar-refractivity contribution in [1.29, 1.82) is 0 Å². The minimum absolute atomic E-state index is 0.127. The Bertz CT molecular complexity index is 477. The number of hydrazine groups is 1. The van der Waals surface area contributed by atoms with E-state index in [4.69, 9.17) is 0 Å². The lowest BCUT2D eigenvalue weighted by molar-refractivity contribution is 0.135. The molecule has 0 aliphatic carbocycles. The molecule has 2 unspecified atom stereocenters. The molecule has 100 valence electrons. The summed E-state index contributed by atoms with van der Waals surface area (Å²) in [5.41, 5.74) is 3.93. The zero-order chi connectivity index (χ0) is 13.3. The zero-order valence-electron chi connectivity index (χ0n) is 11.0. The van der Waals surface area contributed by atoms with E-state index in [9.17, 15) is 4.79 Å². The number of rotatable bonds is 2. The number of aromatic nitrogens is 2. The van der Waals surface area contributed by atoms with E-state index in [1.165, 1.54) is 23.9 Å². The van der Waals surface area contributed by atoms with Gasteiger partial charge in [-0.15, -0.1) is 0 Å². The molecule has 0 spiro atoms. The Labute approximate surface area is 115 Å². The molecule has 1 fully saturated rings.